The molecule has 0 spiro atoms. The molecule has 9 nitrogen and oxygen atoms in total. The second-order valence-corrected chi connectivity index (χ2v) is 8.00. The molecule has 2 aromatic rings. The van der Waals surface area contributed by atoms with Gasteiger partial charge in [-0.1, -0.05) is 11.2 Å². The summed E-state index contributed by atoms with van der Waals surface area (Å²) in [7, 11) is 0. The van der Waals surface area contributed by atoms with Gasteiger partial charge in [0.1, 0.15) is 12.6 Å². The Labute approximate surface area is 171 Å². The number of pyridine rings is 1. The summed E-state index contributed by atoms with van der Waals surface area (Å²) >= 11 is 0. The van der Waals surface area contributed by atoms with Gasteiger partial charge in [-0.05, 0) is 24.0 Å². The van der Waals surface area contributed by atoms with E-state index in [1.54, 1.807) is 18.5 Å². The lowest BCUT2D eigenvalue weighted by Crippen LogP contribution is -2.42. The van der Waals surface area contributed by atoms with Crippen LogP contribution in [0.15, 0.2) is 45.1 Å². The Bertz CT molecular complexity index is 1080. The highest BCUT2D eigenvalue weighted by Gasteiger charge is 2.58. The standard InChI is InChI=1S/C20H18FN7O2/c21-16-6-11(3-5-23-16)27-8-13-14(9-27)18(13)19-25-17(30-26-19)10-28-20(29)12-2-1-4-22-15(12)7-24-28/h1-7,12-15,18H,8-10H2. The number of hydrogen-bond donors (Lipinski definition) is 0. The fourth-order valence-electron chi connectivity index (χ4n) is 4.69. The van der Waals surface area contributed by atoms with Crippen LogP contribution >= 0.6 is 0 Å². The van der Waals surface area contributed by atoms with E-state index in [4.69, 9.17) is 4.52 Å². The number of aromatic nitrogens is 3. The van der Waals surface area contributed by atoms with Crippen molar-refractivity contribution in [1.82, 2.24) is 20.1 Å². The molecule has 0 N–H and O–H groups in total. The second kappa shape index (κ2) is 6.54. The van der Waals surface area contributed by atoms with Crippen molar-refractivity contribution in [1.29, 1.82) is 0 Å². The van der Waals surface area contributed by atoms with Crippen molar-refractivity contribution in [3.63, 3.8) is 0 Å². The zero-order valence-electron chi connectivity index (χ0n) is 15.9. The molecule has 152 valence electrons. The van der Waals surface area contributed by atoms with Gasteiger partial charge in [-0.15, -0.1) is 0 Å². The Morgan fingerprint density at radius 3 is 2.97 bits per heavy atom. The maximum atomic E-state index is 13.4. The minimum atomic E-state index is -0.468. The average Bonchev–Trinajstić information content (AvgIpc) is 3.10. The minimum Gasteiger partial charge on any atom is -0.371 e. The summed E-state index contributed by atoms with van der Waals surface area (Å²) in [6.07, 6.45) is 8.45. The Morgan fingerprint density at radius 1 is 1.27 bits per heavy atom. The summed E-state index contributed by atoms with van der Waals surface area (Å²) in [5.41, 5.74) is 0.850. The summed E-state index contributed by atoms with van der Waals surface area (Å²) in [6.45, 7) is 1.80. The van der Waals surface area contributed by atoms with Crippen LogP contribution in [0.3, 0.4) is 0 Å². The molecule has 30 heavy (non-hydrogen) atoms. The first kappa shape index (κ1) is 17.4. The van der Waals surface area contributed by atoms with E-state index < -0.39 is 5.95 Å². The Kier molecular flexibility index (Phi) is 3.80. The third-order valence-electron chi connectivity index (χ3n) is 6.27. The monoisotopic (exact) mass is 407 g/mol. The Balaban J connectivity index is 1.10. The lowest BCUT2D eigenvalue weighted by Gasteiger charge is -2.28. The van der Waals surface area contributed by atoms with Crippen LogP contribution in [0.5, 0.6) is 0 Å². The van der Waals surface area contributed by atoms with Gasteiger partial charge in [0.05, 0.1) is 12.1 Å². The first-order valence-electron chi connectivity index (χ1n) is 9.92. The summed E-state index contributed by atoms with van der Waals surface area (Å²) in [6, 6.07) is 3.04. The molecule has 1 amide bonds. The van der Waals surface area contributed by atoms with Crippen molar-refractivity contribution in [2.75, 3.05) is 18.0 Å². The number of hydrazone groups is 1. The molecule has 5 heterocycles. The zero-order chi connectivity index (χ0) is 20.2. The number of halogens is 1. The first-order chi connectivity index (χ1) is 14.7. The number of allylic oxidation sites excluding steroid dienone is 1. The molecule has 1 aliphatic carbocycles. The number of dihydropyridines is 1. The highest BCUT2D eigenvalue weighted by Crippen LogP contribution is 2.57. The van der Waals surface area contributed by atoms with Gasteiger partial charge in [0.2, 0.25) is 11.8 Å². The number of carbonyl (C=O) groups is 1. The number of piperidine rings is 1. The molecule has 1 saturated heterocycles. The van der Waals surface area contributed by atoms with E-state index >= 15 is 0 Å². The molecular formula is C20H18FN7O2. The zero-order valence-corrected chi connectivity index (χ0v) is 15.9. The van der Waals surface area contributed by atoms with Crippen molar-refractivity contribution in [3.05, 3.63) is 48.1 Å². The van der Waals surface area contributed by atoms with Crippen molar-refractivity contribution in [2.45, 2.75) is 18.5 Å². The van der Waals surface area contributed by atoms with E-state index in [-0.39, 0.29) is 30.3 Å². The molecular weight excluding hydrogens is 389 g/mol. The second-order valence-electron chi connectivity index (χ2n) is 8.00. The molecule has 1 saturated carbocycles. The summed E-state index contributed by atoms with van der Waals surface area (Å²) in [4.78, 5) is 27.2. The van der Waals surface area contributed by atoms with Crippen molar-refractivity contribution < 1.29 is 13.7 Å². The Morgan fingerprint density at radius 2 is 2.13 bits per heavy atom. The van der Waals surface area contributed by atoms with Gasteiger partial charge in [-0.25, -0.2) is 9.99 Å². The van der Waals surface area contributed by atoms with Gasteiger partial charge in [0.25, 0.3) is 5.91 Å². The lowest BCUT2D eigenvalue weighted by atomic mass is 9.96. The molecule has 2 fully saturated rings. The number of amides is 1. The maximum Gasteiger partial charge on any atom is 0.252 e. The normalized spacial score (nSPS) is 31.2. The number of aliphatic imine (C=N–C) groups is 1. The van der Waals surface area contributed by atoms with Crippen LogP contribution in [0.2, 0.25) is 0 Å². The van der Waals surface area contributed by atoms with E-state index in [1.165, 1.54) is 17.3 Å². The molecule has 4 atom stereocenters. The molecule has 0 bridgehead atoms. The highest BCUT2D eigenvalue weighted by molar-refractivity contribution is 5.92. The fraction of sp³-hybridized carbons (Fsp3) is 0.400. The third-order valence-corrected chi connectivity index (χ3v) is 6.27. The molecule has 3 aliphatic heterocycles. The predicted molar refractivity (Wildman–Crippen MR) is 104 cm³/mol. The molecule has 4 unspecified atom stereocenters. The van der Waals surface area contributed by atoms with Crippen LogP contribution in [0.1, 0.15) is 17.6 Å². The van der Waals surface area contributed by atoms with E-state index in [0.29, 0.717) is 23.6 Å². The number of nitrogens with zero attached hydrogens (tertiary/aromatic N) is 7. The van der Waals surface area contributed by atoms with Gasteiger partial charge in [-0.3, -0.25) is 9.79 Å². The fourth-order valence-corrected chi connectivity index (χ4v) is 4.69. The number of anilines is 1. The van der Waals surface area contributed by atoms with Gasteiger partial charge in [0.15, 0.2) is 5.82 Å². The quantitative estimate of drug-likeness (QED) is 0.711. The van der Waals surface area contributed by atoms with Crippen LogP contribution < -0.4 is 4.90 Å². The van der Waals surface area contributed by atoms with E-state index in [9.17, 15) is 9.18 Å². The van der Waals surface area contributed by atoms with Gasteiger partial charge in [0, 0.05) is 43.2 Å². The number of carbonyl (C=O) groups excluding carboxylic acids is 1. The van der Waals surface area contributed by atoms with E-state index in [2.05, 4.69) is 30.1 Å². The van der Waals surface area contributed by atoms with E-state index in [1.807, 2.05) is 12.1 Å². The van der Waals surface area contributed by atoms with Gasteiger partial charge in [-0.2, -0.15) is 14.5 Å². The molecule has 0 radical (unpaired) electrons. The number of hydrogen-bond acceptors (Lipinski definition) is 8. The smallest absolute Gasteiger partial charge is 0.252 e. The Hall–Kier alpha value is -3.43. The number of fused-ring (bicyclic) bond motifs is 2. The van der Waals surface area contributed by atoms with E-state index in [0.717, 1.165) is 18.8 Å². The van der Waals surface area contributed by atoms with Gasteiger partial charge < -0.3 is 9.42 Å². The van der Waals surface area contributed by atoms with Gasteiger partial charge >= 0.3 is 0 Å². The van der Waals surface area contributed by atoms with Crippen LogP contribution in [-0.2, 0) is 11.3 Å². The lowest BCUT2D eigenvalue weighted by molar-refractivity contribution is -0.135. The highest BCUT2D eigenvalue weighted by atomic mass is 19.1. The minimum absolute atomic E-state index is 0.126. The summed E-state index contributed by atoms with van der Waals surface area (Å²) in [5.74, 6) is 1.21. The third kappa shape index (κ3) is 2.82. The van der Waals surface area contributed by atoms with Crippen LogP contribution in [0.4, 0.5) is 10.1 Å². The predicted octanol–water partition coefficient (Wildman–Crippen LogP) is 1.41. The molecule has 4 aliphatic rings. The number of rotatable bonds is 4. The average molecular weight is 407 g/mol. The molecule has 0 aromatic carbocycles. The topological polar surface area (TPSA) is 100 Å². The molecule has 10 heteroatoms. The maximum absolute atomic E-state index is 13.4. The summed E-state index contributed by atoms with van der Waals surface area (Å²) < 4.78 is 18.8. The first-order valence-corrected chi connectivity index (χ1v) is 9.92. The van der Waals surface area contributed by atoms with Crippen LogP contribution in [-0.4, -0.2) is 57.6 Å². The van der Waals surface area contributed by atoms with Crippen molar-refractivity contribution >= 4 is 24.0 Å². The summed E-state index contributed by atoms with van der Waals surface area (Å²) in [5, 5.41) is 9.71. The van der Waals surface area contributed by atoms with Crippen molar-refractivity contribution in [3.8, 4) is 0 Å². The molecule has 2 aromatic heterocycles. The largest absolute Gasteiger partial charge is 0.371 e. The molecule has 6 rings (SSSR count). The van der Waals surface area contributed by atoms with Crippen molar-refractivity contribution in [2.24, 2.45) is 27.8 Å². The van der Waals surface area contributed by atoms with Crippen LogP contribution in [0, 0.1) is 23.7 Å². The SMILES string of the molecule is O=C1C2C=CC=NC2C=NN1Cc1nc(C2C3CN(c4ccnc(F)c4)CC32)no1. The van der Waals surface area contributed by atoms with Crippen LogP contribution in [0.25, 0.3) is 0 Å².